The minimum Gasteiger partial charge on any atom is -0.345 e. The van der Waals surface area contributed by atoms with Gasteiger partial charge in [0.25, 0.3) is 0 Å². The number of hydrogen-bond donors (Lipinski definition) is 0. The van der Waals surface area contributed by atoms with Crippen LogP contribution >= 0.6 is 0 Å². The van der Waals surface area contributed by atoms with Crippen LogP contribution in [0.3, 0.4) is 0 Å². The number of hydrogen-bond acceptors (Lipinski definition) is 1. The third-order valence-electron chi connectivity index (χ3n) is 7.65. The molecule has 5 rings (SSSR count). The van der Waals surface area contributed by atoms with Gasteiger partial charge >= 0.3 is 0 Å². The number of nitrogens with zero attached hydrogens (tertiary/aromatic N) is 3. The highest BCUT2D eigenvalue weighted by molar-refractivity contribution is 5.91. The van der Waals surface area contributed by atoms with E-state index in [1.165, 1.54) is 75.6 Å². The molecule has 0 aliphatic carbocycles. The molecule has 0 saturated carbocycles. The summed E-state index contributed by atoms with van der Waals surface area (Å²) in [6, 6.07) is 22.4. The van der Waals surface area contributed by atoms with E-state index in [2.05, 4.69) is 102 Å². The van der Waals surface area contributed by atoms with E-state index in [9.17, 15) is 0 Å². The zero-order valence-corrected chi connectivity index (χ0v) is 21.6. The molecule has 0 fully saturated rings. The summed E-state index contributed by atoms with van der Waals surface area (Å²) in [7, 11) is 0. The van der Waals surface area contributed by atoms with E-state index in [1.807, 2.05) is 12.4 Å². The molecule has 0 bridgehead atoms. The summed E-state index contributed by atoms with van der Waals surface area (Å²) in [5.41, 5.74) is 9.63. The molecule has 0 amide bonds. The summed E-state index contributed by atoms with van der Waals surface area (Å²) in [5, 5.41) is 2.74. The molecule has 3 heteroatoms. The van der Waals surface area contributed by atoms with Gasteiger partial charge in [-0.15, -0.1) is 0 Å². The Balaban J connectivity index is 1.84. The summed E-state index contributed by atoms with van der Waals surface area (Å²) < 4.78 is 5.10. The van der Waals surface area contributed by atoms with E-state index in [-0.39, 0.29) is 5.92 Å². The van der Waals surface area contributed by atoms with Crippen molar-refractivity contribution in [3.63, 3.8) is 0 Å². The van der Waals surface area contributed by atoms with E-state index in [0.717, 1.165) is 13.1 Å². The Kier molecular flexibility index (Phi) is 6.77. The maximum absolute atomic E-state index is 4.37. The van der Waals surface area contributed by atoms with Gasteiger partial charge in [0, 0.05) is 64.6 Å². The second-order valence-electron chi connectivity index (χ2n) is 9.76. The third-order valence-corrected chi connectivity index (χ3v) is 7.65. The monoisotopic (exact) mass is 463 g/mol. The molecule has 2 aromatic carbocycles. The topological polar surface area (TPSA) is 22.8 Å². The van der Waals surface area contributed by atoms with Crippen molar-refractivity contribution >= 4 is 21.8 Å². The normalized spacial score (nSPS) is 11.8. The lowest BCUT2D eigenvalue weighted by molar-refractivity contribution is 0.630. The van der Waals surface area contributed by atoms with Gasteiger partial charge < -0.3 is 9.13 Å². The van der Waals surface area contributed by atoms with Crippen molar-refractivity contribution in [1.82, 2.24) is 14.1 Å². The molecule has 0 spiro atoms. The van der Waals surface area contributed by atoms with E-state index >= 15 is 0 Å². The molecule has 180 valence electrons. The lowest BCUT2D eigenvalue weighted by Gasteiger charge is -2.21. The highest BCUT2D eigenvalue weighted by Gasteiger charge is 2.29. The number of fused-ring (bicyclic) bond motifs is 2. The molecule has 0 unspecified atom stereocenters. The number of rotatable bonds is 9. The van der Waals surface area contributed by atoms with Crippen LogP contribution in [-0.4, -0.2) is 14.1 Å². The fourth-order valence-corrected chi connectivity index (χ4v) is 5.89. The Labute approximate surface area is 209 Å². The lowest BCUT2D eigenvalue weighted by atomic mass is 9.82. The lowest BCUT2D eigenvalue weighted by Crippen LogP contribution is -2.09. The summed E-state index contributed by atoms with van der Waals surface area (Å²) in [6.07, 6.45) is 8.65. The second-order valence-corrected chi connectivity index (χ2v) is 9.76. The Morgan fingerprint density at radius 1 is 0.657 bits per heavy atom. The quantitative estimate of drug-likeness (QED) is 0.215. The zero-order valence-electron chi connectivity index (χ0n) is 21.6. The highest BCUT2D eigenvalue weighted by Crippen LogP contribution is 2.44. The average Bonchev–Trinajstić information content (AvgIpc) is 3.33. The van der Waals surface area contributed by atoms with Crippen molar-refractivity contribution in [2.45, 2.75) is 72.4 Å². The number of aryl methyl sites for hydroxylation is 2. The molecule has 3 aromatic heterocycles. The van der Waals surface area contributed by atoms with Crippen LogP contribution in [-0.2, 0) is 13.1 Å². The Bertz CT molecular complexity index is 1350. The molecule has 0 aliphatic rings. The van der Waals surface area contributed by atoms with Gasteiger partial charge in [0.15, 0.2) is 0 Å². The molecule has 3 heterocycles. The largest absolute Gasteiger partial charge is 0.345 e. The van der Waals surface area contributed by atoms with Crippen LogP contribution in [0.25, 0.3) is 21.8 Å². The fourth-order valence-electron chi connectivity index (χ4n) is 5.89. The first kappa shape index (κ1) is 23.4. The molecular weight excluding hydrogens is 426 g/mol. The van der Waals surface area contributed by atoms with Gasteiger partial charge in [-0.3, -0.25) is 4.98 Å². The number of benzene rings is 2. The molecule has 35 heavy (non-hydrogen) atoms. The van der Waals surface area contributed by atoms with Crippen LogP contribution in [0.1, 0.15) is 73.5 Å². The number of pyridine rings is 1. The van der Waals surface area contributed by atoms with Gasteiger partial charge in [0.1, 0.15) is 0 Å². The SMILES string of the molecule is CCCCn1c(C)c(C(c2ccncc2)c2c(C)n(CCCC)c3ccccc23)c2ccccc21. The number of aromatic nitrogens is 3. The van der Waals surface area contributed by atoms with Crippen LogP contribution in [0, 0.1) is 13.8 Å². The Morgan fingerprint density at radius 3 is 1.57 bits per heavy atom. The Morgan fingerprint density at radius 2 is 1.11 bits per heavy atom. The highest BCUT2D eigenvalue weighted by atomic mass is 15.0. The summed E-state index contributed by atoms with van der Waals surface area (Å²) in [4.78, 5) is 4.37. The molecule has 0 N–H and O–H groups in total. The van der Waals surface area contributed by atoms with Crippen molar-refractivity contribution in [2.24, 2.45) is 0 Å². The van der Waals surface area contributed by atoms with E-state index in [0.29, 0.717) is 0 Å². The summed E-state index contributed by atoms with van der Waals surface area (Å²) >= 11 is 0. The maximum atomic E-state index is 4.37. The van der Waals surface area contributed by atoms with Gasteiger partial charge in [-0.1, -0.05) is 63.1 Å². The van der Waals surface area contributed by atoms with Crippen molar-refractivity contribution in [3.05, 3.63) is 101 Å². The van der Waals surface area contributed by atoms with E-state index in [4.69, 9.17) is 0 Å². The second kappa shape index (κ2) is 10.1. The molecule has 0 radical (unpaired) electrons. The van der Waals surface area contributed by atoms with Crippen LogP contribution in [0.5, 0.6) is 0 Å². The Hall–Kier alpha value is -3.33. The molecule has 3 nitrogen and oxygen atoms in total. The first-order chi connectivity index (χ1) is 17.2. The zero-order chi connectivity index (χ0) is 24.4. The number of unbranched alkanes of at least 4 members (excludes halogenated alkanes) is 2. The summed E-state index contributed by atoms with van der Waals surface area (Å²) in [6.45, 7) is 11.3. The molecule has 0 atom stereocenters. The van der Waals surface area contributed by atoms with Crippen LogP contribution in [0.4, 0.5) is 0 Å². The van der Waals surface area contributed by atoms with Crippen molar-refractivity contribution in [3.8, 4) is 0 Å². The van der Waals surface area contributed by atoms with Gasteiger partial charge in [-0.25, -0.2) is 0 Å². The smallest absolute Gasteiger partial charge is 0.0485 e. The first-order valence-electron chi connectivity index (χ1n) is 13.2. The minimum atomic E-state index is 0.151. The van der Waals surface area contributed by atoms with Gasteiger partial charge in [0.2, 0.25) is 0 Å². The van der Waals surface area contributed by atoms with Gasteiger partial charge in [-0.05, 0) is 67.6 Å². The van der Waals surface area contributed by atoms with E-state index < -0.39 is 0 Å². The first-order valence-corrected chi connectivity index (χ1v) is 13.2. The predicted octanol–water partition coefficient (Wildman–Crippen LogP) is 8.39. The van der Waals surface area contributed by atoms with E-state index in [1.54, 1.807) is 0 Å². The van der Waals surface area contributed by atoms with Crippen molar-refractivity contribution in [1.29, 1.82) is 0 Å². The molecular formula is C32H37N3. The third kappa shape index (κ3) is 4.07. The standard InChI is InChI=1S/C32H37N3/c1-5-7-21-34-23(3)30(26-13-9-11-15-28(26)34)32(25-17-19-33-20-18-25)31-24(4)35(22-8-6-2)29-16-12-10-14-27(29)31/h9-20,32H,5-8,21-22H2,1-4H3. The van der Waals surface area contributed by atoms with Gasteiger partial charge in [0.05, 0.1) is 0 Å². The maximum Gasteiger partial charge on any atom is 0.0485 e. The predicted molar refractivity (Wildman–Crippen MR) is 148 cm³/mol. The van der Waals surface area contributed by atoms with Gasteiger partial charge in [-0.2, -0.15) is 0 Å². The molecule has 5 aromatic rings. The average molecular weight is 464 g/mol. The minimum absolute atomic E-state index is 0.151. The fraction of sp³-hybridized carbons (Fsp3) is 0.344. The molecule has 0 saturated heterocycles. The van der Waals surface area contributed by atoms with Crippen LogP contribution in [0.2, 0.25) is 0 Å². The number of para-hydroxylation sites is 2. The van der Waals surface area contributed by atoms with Crippen LogP contribution in [0.15, 0.2) is 73.1 Å². The van der Waals surface area contributed by atoms with Crippen molar-refractivity contribution < 1.29 is 0 Å². The van der Waals surface area contributed by atoms with Crippen LogP contribution < -0.4 is 0 Å². The summed E-state index contributed by atoms with van der Waals surface area (Å²) in [5.74, 6) is 0.151. The molecule has 0 aliphatic heterocycles. The van der Waals surface area contributed by atoms with Crippen molar-refractivity contribution in [2.75, 3.05) is 0 Å².